The molecule has 0 aliphatic carbocycles. The van der Waals surface area contributed by atoms with E-state index >= 15 is 0 Å². The van der Waals surface area contributed by atoms with Crippen molar-refractivity contribution in [3.05, 3.63) is 104 Å². The Balaban J connectivity index is 1.61. The van der Waals surface area contributed by atoms with Gasteiger partial charge in [0.15, 0.2) is 0 Å². The largest absolute Gasteiger partial charge is 0.460 e. The smallest absolute Gasteiger partial charge is 0.344 e. The zero-order valence-corrected chi connectivity index (χ0v) is 17.2. The normalized spacial score (nSPS) is 10.7. The molecular formula is C24H17NO7. The number of carbonyl (C=O) groups excluding carboxylic acids is 1. The maximum Gasteiger partial charge on any atom is 0.344 e. The molecule has 0 fully saturated rings. The van der Waals surface area contributed by atoms with Crippen LogP contribution in [-0.2, 0) is 0 Å². The zero-order chi connectivity index (χ0) is 22.8. The van der Waals surface area contributed by atoms with Crippen molar-refractivity contribution in [3.8, 4) is 17.2 Å². The van der Waals surface area contributed by atoms with E-state index in [2.05, 4.69) is 0 Å². The maximum absolute atomic E-state index is 12.8. The van der Waals surface area contributed by atoms with Gasteiger partial charge >= 0.3 is 5.97 Å². The molecule has 0 spiro atoms. The molecule has 0 N–H and O–H groups in total. The van der Waals surface area contributed by atoms with Gasteiger partial charge < -0.3 is 13.9 Å². The van der Waals surface area contributed by atoms with Gasteiger partial charge in [-0.25, -0.2) is 4.79 Å². The fraction of sp³-hybridized carbons (Fsp3) is 0.0833. The molecule has 0 aliphatic rings. The summed E-state index contributed by atoms with van der Waals surface area (Å²) in [6.07, 6.45) is 1.20. The number of nitro groups is 1. The molecule has 0 atom stereocenters. The number of aryl methyl sites for hydroxylation is 1. The fourth-order valence-electron chi connectivity index (χ4n) is 3.24. The minimum atomic E-state index is -0.757. The molecule has 0 amide bonds. The molecule has 1 heterocycles. The van der Waals surface area contributed by atoms with Crippen LogP contribution in [-0.4, -0.2) is 10.9 Å². The van der Waals surface area contributed by atoms with Gasteiger partial charge in [-0.3, -0.25) is 14.9 Å². The first-order chi connectivity index (χ1) is 15.3. The van der Waals surface area contributed by atoms with Crippen LogP contribution in [0.4, 0.5) is 5.69 Å². The first kappa shape index (κ1) is 20.8. The highest BCUT2D eigenvalue weighted by Gasteiger charge is 2.20. The summed E-state index contributed by atoms with van der Waals surface area (Å²) < 4.78 is 16.5. The second kappa shape index (κ2) is 8.35. The number of hydrogen-bond acceptors (Lipinski definition) is 7. The topological polar surface area (TPSA) is 109 Å². The molecule has 32 heavy (non-hydrogen) atoms. The minimum Gasteiger partial charge on any atom is -0.460 e. The average Bonchev–Trinajstić information content (AvgIpc) is 2.75. The summed E-state index contributed by atoms with van der Waals surface area (Å²) >= 11 is 0. The summed E-state index contributed by atoms with van der Waals surface area (Å²) in [6, 6.07) is 15.7. The summed E-state index contributed by atoms with van der Waals surface area (Å²) in [5, 5.41) is 11.3. The van der Waals surface area contributed by atoms with Crippen LogP contribution in [0.1, 0.15) is 21.5 Å². The number of esters is 1. The number of benzene rings is 3. The van der Waals surface area contributed by atoms with Crippen molar-refractivity contribution < 1.29 is 23.6 Å². The van der Waals surface area contributed by atoms with Crippen molar-refractivity contribution in [1.29, 1.82) is 0 Å². The van der Waals surface area contributed by atoms with Crippen LogP contribution in [0.3, 0.4) is 0 Å². The number of rotatable bonds is 5. The highest BCUT2D eigenvalue weighted by atomic mass is 16.6. The summed E-state index contributed by atoms with van der Waals surface area (Å²) in [6.45, 7) is 3.39. The number of ether oxygens (including phenoxy) is 2. The molecule has 4 rings (SSSR count). The van der Waals surface area contributed by atoms with E-state index in [1.54, 1.807) is 12.1 Å². The van der Waals surface area contributed by atoms with E-state index in [1.807, 2.05) is 19.1 Å². The highest BCUT2D eigenvalue weighted by Crippen LogP contribution is 2.26. The lowest BCUT2D eigenvalue weighted by Gasteiger charge is -2.09. The van der Waals surface area contributed by atoms with Crippen LogP contribution in [0.5, 0.6) is 17.2 Å². The van der Waals surface area contributed by atoms with E-state index in [0.29, 0.717) is 5.75 Å². The molecule has 0 unspecified atom stereocenters. The van der Waals surface area contributed by atoms with E-state index in [9.17, 15) is 19.7 Å². The standard InChI is InChI=1S/C24H17NO7/c1-14-5-3-6-16(11-14)31-22-13-30-21-12-17(9-10-19(21)23(22)26)32-24(27)18-7-4-8-20(15(18)2)25(28)29/h3-13H,1-2H3. The van der Waals surface area contributed by atoms with Gasteiger partial charge in [0.1, 0.15) is 23.3 Å². The molecule has 8 heteroatoms. The molecule has 0 bridgehead atoms. The summed E-state index contributed by atoms with van der Waals surface area (Å²) in [5.41, 5.74) is 0.909. The van der Waals surface area contributed by atoms with Crippen LogP contribution in [0.25, 0.3) is 11.0 Å². The first-order valence-corrected chi connectivity index (χ1v) is 9.60. The van der Waals surface area contributed by atoms with Crippen molar-refractivity contribution in [2.24, 2.45) is 0 Å². The van der Waals surface area contributed by atoms with Gasteiger partial charge in [0.05, 0.1) is 15.9 Å². The van der Waals surface area contributed by atoms with E-state index < -0.39 is 10.9 Å². The van der Waals surface area contributed by atoms with Gasteiger partial charge in [0, 0.05) is 17.7 Å². The second-order valence-electron chi connectivity index (χ2n) is 7.10. The van der Waals surface area contributed by atoms with Crippen LogP contribution in [0.2, 0.25) is 0 Å². The Morgan fingerprint density at radius 3 is 2.53 bits per heavy atom. The monoisotopic (exact) mass is 431 g/mol. The molecule has 3 aromatic carbocycles. The van der Waals surface area contributed by atoms with Crippen LogP contribution < -0.4 is 14.9 Å². The van der Waals surface area contributed by atoms with Gasteiger partial charge in [-0.15, -0.1) is 0 Å². The average molecular weight is 431 g/mol. The van der Waals surface area contributed by atoms with Gasteiger partial charge in [-0.05, 0) is 49.7 Å². The third kappa shape index (κ3) is 4.06. The van der Waals surface area contributed by atoms with Crippen molar-refractivity contribution in [2.75, 3.05) is 0 Å². The van der Waals surface area contributed by atoms with Gasteiger partial charge in [-0.2, -0.15) is 0 Å². The predicted molar refractivity (Wildman–Crippen MR) is 117 cm³/mol. The number of fused-ring (bicyclic) bond motifs is 1. The second-order valence-corrected chi connectivity index (χ2v) is 7.10. The molecule has 1 aromatic heterocycles. The maximum atomic E-state index is 12.8. The Morgan fingerprint density at radius 1 is 1.00 bits per heavy atom. The fourth-order valence-corrected chi connectivity index (χ4v) is 3.24. The molecule has 0 radical (unpaired) electrons. The van der Waals surface area contributed by atoms with E-state index in [4.69, 9.17) is 13.9 Å². The van der Waals surface area contributed by atoms with E-state index in [1.165, 1.54) is 49.6 Å². The first-order valence-electron chi connectivity index (χ1n) is 9.60. The van der Waals surface area contributed by atoms with Crippen LogP contribution in [0.15, 0.2) is 76.1 Å². The van der Waals surface area contributed by atoms with Crippen molar-refractivity contribution >= 4 is 22.6 Å². The molecule has 4 aromatic rings. The van der Waals surface area contributed by atoms with Crippen molar-refractivity contribution in [1.82, 2.24) is 0 Å². The van der Waals surface area contributed by atoms with Gasteiger partial charge in [-0.1, -0.05) is 18.2 Å². The van der Waals surface area contributed by atoms with Gasteiger partial charge in [0.25, 0.3) is 5.69 Å². The molecule has 0 saturated carbocycles. The molecular weight excluding hydrogens is 414 g/mol. The minimum absolute atomic E-state index is 0.0278. The number of nitro benzene ring substituents is 1. The van der Waals surface area contributed by atoms with Crippen molar-refractivity contribution in [2.45, 2.75) is 13.8 Å². The predicted octanol–water partition coefficient (Wildman–Crippen LogP) is 5.33. The van der Waals surface area contributed by atoms with Crippen LogP contribution in [0, 0.1) is 24.0 Å². The highest BCUT2D eigenvalue weighted by molar-refractivity contribution is 5.94. The third-order valence-electron chi connectivity index (χ3n) is 4.86. The quantitative estimate of drug-likeness (QED) is 0.182. The van der Waals surface area contributed by atoms with Gasteiger partial charge in [0.2, 0.25) is 11.2 Å². The number of carbonyl (C=O) groups is 1. The lowest BCUT2D eigenvalue weighted by atomic mass is 10.1. The van der Waals surface area contributed by atoms with E-state index in [0.717, 1.165) is 5.56 Å². The van der Waals surface area contributed by atoms with E-state index in [-0.39, 0.29) is 44.7 Å². The lowest BCUT2D eigenvalue weighted by Crippen LogP contribution is -2.11. The number of hydrogen-bond donors (Lipinski definition) is 0. The Kier molecular flexibility index (Phi) is 5.43. The summed E-state index contributed by atoms with van der Waals surface area (Å²) in [7, 11) is 0. The summed E-state index contributed by atoms with van der Waals surface area (Å²) in [4.78, 5) is 35.8. The molecule has 0 aliphatic heterocycles. The Morgan fingerprint density at radius 2 is 1.78 bits per heavy atom. The SMILES string of the molecule is Cc1cccc(Oc2coc3cc(OC(=O)c4cccc([N+](=O)[O-])c4C)ccc3c2=O)c1. The third-order valence-corrected chi connectivity index (χ3v) is 4.86. The Bertz CT molecular complexity index is 1420. The Labute approximate surface area is 181 Å². The molecule has 160 valence electrons. The molecule has 0 saturated heterocycles. The molecule has 8 nitrogen and oxygen atoms in total. The number of nitrogens with zero attached hydrogens (tertiary/aromatic N) is 1. The zero-order valence-electron chi connectivity index (χ0n) is 17.2. The lowest BCUT2D eigenvalue weighted by molar-refractivity contribution is -0.385. The van der Waals surface area contributed by atoms with Crippen molar-refractivity contribution in [3.63, 3.8) is 0 Å². The summed E-state index contributed by atoms with van der Waals surface area (Å²) in [5.74, 6) is -0.0919. The van der Waals surface area contributed by atoms with Crippen LogP contribution >= 0.6 is 0 Å². The Hall–Kier alpha value is -4.46.